The normalized spacial score (nSPS) is 24.7. The number of carbonyl (C=O) groups is 3. The second kappa shape index (κ2) is 11.3. The monoisotopic (exact) mass is 495 g/mol. The largest absolute Gasteiger partial charge is 0.494 e. The number of carbonyl (C=O) groups excluding carboxylic acids is 3. The molecule has 0 bridgehead atoms. The fraction of sp³-hybridized carbons (Fsp3) is 0.552. The van der Waals surface area contributed by atoms with Crippen molar-refractivity contribution >= 4 is 17.7 Å². The number of methoxy groups -OCH3 is 1. The first-order chi connectivity index (χ1) is 17.3. The van der Waals surface area contributed by atoms with Crippen LogP contribution in [-0.2, 0) is 23.9 Å². The third kappa shape index (κ3) is 5.20. The number of dihydropyridines is 1. The van der Waals surface area contributed by atoms with Crippen LogP contribution in [0, 0.1) is 11.8 Å². The summed E-state index contributed by atoms with van der Waals surface area (Å²) in [4.78, 5) is 40.0. The van der Waals surface area contributed by atoms with Gasteiger partial charge in [0.05, 0.1) is 19.3 Å². The van der Waals surface area contributed by atoms with Crippen molar-refractivity contribution in [3.63, 3.8) is 0 Å². The van der Waals surface area contributed by atoms with E-state index in [-0.39, 0.29) is 17.8 Å². The highest BCUT2D eigenvalue weighted by molar-refractivity contribution is 6.12. The maximum absolute atomic E-state index is 13.8. The van der Waals surface area contributed by atoms with Gasteiger partial charge in [0.25, 0.3) is 0 Å². The van der Waals surface area contributed by atoms with Crippen LogP contribution < -0.4 is 10.1 Å². The highest BCUT2D eigenvalue weighted by Crippen LogP contribution is 2.46. The number of Topliss-reactive ketones (excluding diaryl/α,β-unsaturated/α-hetero) is 1. The molecule has 1 aromatic carbocycles. The van der Waals surface area contributed by atoms with E-state index in [2.05, 4.69) is 5.32 Å². The zero-order chi connectivity index (χ0) is 25.8. The van der Waals surface area contributed by atoms with Crippen LogP contribution >= 0.6 is 0 Å². The third-order valence-electron chi connectivity index (χ3n) is 7.48. The first-order valence-corrected chi connectivity index (χ1v) is 13.1. The topological polar surface area (TPSA) is 90.9 Å². The van der Waals surface area contributed by atoms with Crippen molar-refractivity contribution in [3.05, 3.63) is 52.4 Å². The van der Waals surface area contributed by atoms with E-state index in [0.717, 1.165) is 55.5 Å². The van der Waals surface area contributed by atoms with Gasteiger partial charge >= 0.3 is 11.9 Å². The van der Waals surface area contributed by atoms with E-state index in [1.54, 1.807) is 0 Å². The van der Waals surface area contributed by atoms with E-state index in [4.69, 9.17) is 14.2 Å². The molecule has 2 aliphatic carbocycles. The molecule has 7 nitrogen and oxygen atoms in total. The molecular formula is C29H37NO6. The molecule has 4 rings (SSSR count). The fourth-order valence-corrected chi connectivity index (χ4v) is 5.66. The maximum Gasteiger partial charge on any atom is 0.337 e. The van der Waals surface area contributed by atoms with Crippen molar-refractivity contribution in [1.82, 2.24) is 5.32 Å². The van der Waals surface area contributed by atoms with Crippen molar-refractivity contribution in [2.24, 2.45) is 11.8 Å². The number of ketones is 1. The second-order valence-electron chi connectivity index (χ2n) is 10.1. The summed E-state index contributed by atoms with van der Waals surface area (Å²) in [7, 11) is 1.30. The van der Waals surface area contributed by atoms with Gasteiger partial charge in [-0.2, -0.15) is 0 Å². The van der Waals surface area contributed by atoms with Crippen LogP contribution in [-0.4, -0.2) is 37.5 Å². The van der Waals surface area contributed by atoms with Gasteiger partial charge in [0.15, 0.2) is 5.78 Å². The summed E-state index contributed by atoms with van der Waals surface area (Å²) in [5, 5.41) is 3.32. The van der Waals surface area contributed by atoms with Gasteiger partial charge in [0, 0.05) is 22.9 Å². The minimum absolute atomic E-state index is 0.114. The summed E-state index contributed by atoms with van der Waals surface area (Å²) >= 11 is 0. The Morgan fingerprint density at radius 3 is 2.42 bits per heavy atom. The maximum atomic E-state index is 13.8. The van der Waals surface area contributed by atoms with E-state index in [1.807, 2.05) is 45.0 Å². The summed E-state index contributed by atoms with van der Waals surface area (Å²) in [6.07, 6.45) is 6.25. The summed E-state index contributed by atoms with van der Waals surface area (Å²) in [5.74, 6) is -2.27. The average molecular weight is 496 g/mol. The van der Waals surface area contributed by atoms with Crippen LogP contribution in [0.2, 0.25) is 0 Å². The summed E-state index contributed by atoms with van der Waals surface area (Å²) in [5.41, 5.74) is 3.10. The Morgan fingerprint density at radius 1 is 1.08 bits per heavy atom. The Bertz CT molecular complexity index is 1060. The Hall–Kier alpha value is -3.09. The summed E-state index contributed by atoms with van der Waals surface area (Å²) < 4.78 is 16.7. The van der Waals surface area contributed by atoms with E-state index in [9.17, 15) is 14.4 Å². The molecule has 194 valence electrons. The predicted molar refractivity (Wildman–Crippen MR) is 135 cm³/mol. The van der Waals surface area contributed by atoms with Gasteiger partial charge in [-0.25, -0.2) is 4.79 Å². The molecule has 1 aromatic rings. The van der Waals surface area contributed by atoms with Gasteiger partial charge < -0.3 is 19.5 Å². The molecule has 3 aliphatic rings. The number of hydrogen-bond donors (Lipinski definition) is 1. The lowest BCUT2D eigenvalue weighted by Crippen LogP contribution is -2.43. The van der Waals surface area contributed by atoms with Gasteiger partial charge in [-0.15, -0.1) is 0 Å². The minimum atomic E-state index is -0.903. The van der Waals surface area contributed by atoms with Crippen LogP contribution in [0.4, 0.5) is 0 Å². The lowest BCUT2D eigenvalue weighted by Gasteiger charge is -2.38. The minimum Gasteiger partial charge on any atom is -0.494 e. The lowest BCUT2D eigenvalue weighted by molar-refractivity contribution is -0.151. The van der Waals surface area contributed by atoms with Crippen LogP contribution in [0.1, 0.15) is 77.2 Å². The number of allylic oxidation sites excluding steroid dienone is 3. The Balaban J connectivity index is 1.75. The van der Waals surface area contributed by atoms with E-state index in [1.165, 1.54) is 7.11 Å². The molecule has 1 N–H and O–H groups in total. The fourth-order valence-electron chi connectivity index (χ4n) is 5.66. The Morgan fingerprint density at radius 2 is 1.78 bits per heavy atom. The standard InChI is InChI=1S/C29H37NO6/c1-5-15-35-20-13-11-19(12-14-20)25-24(29(33)36-21-9-7-6-8-10-21)18(3)30-22-16-17(2)23(28(32)34-4)27(31)26(22)25/h11-14,17,21,23,25,30H,5-10,15-16H2,1-4H3/t17-,23+,25+/m0/s1. The predicted octanol–water partition coefficient (Wildman–Crippen LogP) is 4.96. The van der Waals surface area contributed by atoms with Gasteiger partial charge in [-0.05, 0) is 69.1 Å². The first kappa shape index (κ1) is 26.0. The van der Waals surface area contributed by atoms with Crippen molar-refractivity contribution < 1.29 is 28.6 Å². The number of ether oxygens (including phenoxy) is 3. The molecule has 1 fully saturated rings. The van der Waals surface area contributed by atoms with Gasteiger partial charge in [0.1, 0.15) is 17.8 Å². The molecule has 0 unspecified atom stereocenters. The van der Waals surface area contributed by atoms with Gasteiger partial charge in [-0.3, -0.25) is 9.59 Å². The quantitative estimate of drug-likeness (QED) is 0.422. The molecule has 1 saturated carbocycles. The van der Waals surface area contributed by atoms with Crippen LogP contribution in [0.3, 0.4) is 0 Å². The zero-order valence-electron chi connectivity index (χ0n) is 21.7. The zero-order valence-corrected chi connectivity index (χ0v) is 21.7. The SMILES string of the molecule is CCCOc1ccc([C@@H]2C(C(=O)OC3CCCCC3)=C(C)NC3=C2C(=O)[C@H](C(=O)OC)[C@@H](C)C3)cc1. The molecule has 0 amide bonds. The molecule has 0 aromatic heterocycles. The van der Waals surface area contributed by atoms with Crippen molar-refractivity contribution in [2.75, 3.05) is 13.7 Å². The molecule has 7 heteroatoms. The van der Waals surface area contributed by atoms with E-state index >= 15 is 0 Å². The van der Waals surface area contributed by atoms with Crippen molar-refractivity contribution in [2.45, 2.75) is 77.7 Å². The molecule has 36 heavy (non-hydrogen) atoms. The third-order valence-corrected chi connectivity index (χ3v) is 7.48. The van der Waals surface area contributed by atoms with Gasteiger partial charge in [0.2, 0.25) is 0 Å². The molecule has 0 saturated heterocycles. The molecule has 3 atom stereocenters. The molecule has 0 spiro atoms. The number of benzene rings is 1. The molecule has 1 aliphatic heterocycles. The van der Waals surface area contributed by atoms with Crippen LogP contribution in [0.15, 0.2) is 46.8 Å². The molecule has 0 radical (unpaired) electrons. The number of hydrogen-bond acceptors (Lipinski definition) is 7. The molecule has 1 heterocycles. The van der Waals surface area contributed by atoms with Crippen LogP contribution in [0.5, 0.6) is 5.75 Å². The second-order valence-corrected chi connectivity index (χ2v) is 10.1. The van der Waals surface area contributed by atoms with E-state index in [0.29, 0.717) is 29.9 Å². The molecular weight excluding hydrogens is 458 g/mol. The van der Waals surface area contributed by atoms with Gasteiger partial charge in [-0.1, -0.05) is 32.4 Å². The van der Waals surface area contributed by atoms with E-state index < -0.39 is 23.8 Å². The average Bonchev–Trinajstić information content (AvgIpc) is 2.87. The highest BCUT2D eigenvalue weighted by Gasteiger charge is 2.47. The van der Waals surface area contributed by atoms with Crippen LogP contribution in [0.25, 0.3) is 0 Å². The number of rotatable bonds is 7. The number of esters is 2. The number of nitrogens with one attached hydrogen (secondary N) is 1. The van der Waals surface area contributed by atoms with Crippen molar-refractivity contribution in [3.8, 4) is 5.75 Å². The summed E-state index contributed by atoms with van der Waals surface area (Å²) in [6.45, 7) is 6.39. The van der Waals surface area contributed by atoms with Crippen molar-refractivity contribution in [1.29, 1.82) is 0 Å². The Labute approximate surface area is 213 Å². The summed E-state index contributed by atoms with van der Waals surface area (Å²) in [6, 6.07) is 7.51. The first-order valence-electron chi connectivity index (χ1n) is 13.1. The highest BCUT2D eigenvalue weighted by atomic mass is 16.5. The Kier molecular flexibility index (Phi) is 8.17. The lowest BCUT2D eigenvalue weighted by atomic mass is 9.69. The smallest absolute Gasteiger partial charge is 0.337 e.